The number of hydrazone groups is 1. The molecule has 1 aliphatic heterocycles. The number of nitrogens with zero attached hydrogens (tertiary/aromatic N) is 1. The van der Waals surface area contributed by atoms with Crippen molar-refractivity contribution in [2.45, 2.75) is 6.42 Å². The summed E-state index contributed by atoms with van der Waals surface area (Å²) in [6.45, 7) is 0. The smallest absolute Gasteiger partial charge is 0.244 e. The van der Waals surface area contributed by atoms with E-state index in [0.717, 1.165) is 0 Å². The van der Waals surface area contributed by atoms with Gasteiger partial charge in [0.2, 0.25) is 11.7 Å². The third kappa shape index (κ3) is 4.16. The summed E-state index contributed by atoms with van der Waals surface area (Å²) in [7, 11) is 1.40. The van der Waals surface area contributed by atoms with E-state index < -0.39 is 21.7 Å². The second-order valence-corrected chi connectivity index (χ2v) is 7.52. The van der Waals surface area contributed by atoms with Gasteiger partial charge >= 0.3 is 0 Å². The van der Waals surface area contributed by atoms with Crippen molar-refractivity contribution in [1.82, 2.24) is 5.43 Å². The van der Waals surface area contributed by atoms with Gasteiger partial charge in [-0.3, -0.25) is 4.79 Å². The molecule has 8 nitrogen and oxygen atoms in total. The molecule has 1 atom stereocenters. The van der Waals surface area contributed by atoms with Gasteiger partial charge in [0, 0.05) is 5.56 Å². The summed E-state index contributed by atoms with van der Waals surface area (Å²) in [5, 5.41) is 3.87. The molecule has 0 saturated carbocycles. The Morgan fingerprint density at radius 2 is 1.83 bits per heavy atom. The Hall–Kier alpha value is -2.29. The molecule has 24 heavy (non-hydrogen) atoms. The number of hydrogen-bond acceptors (Lipinski definition) is 7. The number of carbonyl (C=O) groups excluding carboxylic acids is 1. The standard InChI is InChI=1S/C15H20N2O6S/c1-21-12-6-10(7-13(22-2)14(12)23-3)8-16-17-15(18)11-4-5-24(19,20)9-11/h6-8,11H,4-5,9H2,1-3H3,(H,17,18)/b16-8-/t11-/m1/s1. The van der Waals surface area contributed by atoms with Crippen LogP contribution in [0.15, 0.2) is 17.2 Å². The van der Waals surface area contributed by atoms with Crippen LogP contribution in [0, 0.1) is 5.92 Å². The van der Waals surface area contributed by atoms with Crippen LogP contribution in [0.5, 0.6) is 17.2 Å². The lowest BCUT2D eigenvalue weighted by Crippen LogP contribution is -2.27. The lowest BCUT2D eigenvalue weighted by atomic mass is 10.1. The van der Waals surface area contributed by atoms with Crippen molar-refractivity contribution in [2.24, 2.45) is 11.0 Å². The number of methoxy groups -OCH3 is 3. The Labute approximate surface area is 140 Å². The van der Waals surface area contributed by atoms with Crippen LogP contribution in [0.4, 0.5) is 0 Å². The van der Waals surface area contributed by atoms with E-state index in [0.29, 0.717) is 29.2 Å². The van der Waals surface area contributed by atoms with Gasteiger partial charge in [-0.05, 0) is 18.6 Å². The normalized spacial score (nSPS) is 19.2. The molecule has 0 aromatic heterocycles. The van der Waals surface area contributed by atoms with Gasteiger partial charge in [0.15, 0.2) is 21.3 Å². The van der Waals surface area contributed by atoms with E-state index in [9.17, 15) is 13.2 Å². The molecule has 2 rings (SSSR count). The topological polar surface area (TPSA) is 103 Å². The number of rotatable bonds is 6. The molecule has 9 heteroatoms. The Kier molecular flexibility index (Phi) is 5.66. The summed E-state index contributed by atoms with van der Waals surface area (Å²) < 4.78 is 38.5. The highest BCUT2D eigenvalue weighted by Crippen LogP contribution is 2.37. The highest BCUT2D eigenvalue weighted by Gasteiger charge is 2.32. The predicted octanol–water partition coefficient (Wildman–Crippen LogP) is 0.597. The lowest BCUT2D eigenvalue weighted by Gasteiger charge is -2.12. The van der Waals surface area contributed by atoms with Crippen molar-refractivity contribution in [2.75, 3.05) is 32.8 Å². The third-order valence-electron chi connectivity index (χ3n) is 3.68. The van der Waals surface area contributed by atoms with Crippen LogP contribution >= 0.6 is 0 Å². The van der Waals surface area contributed by atoms with Gasteiger partial charge < -0.3 is 14.2 Å². The van der Waals surface area contributed by atoms with Crippen LogP contribution in [0.3, 0.4) is 0 Å². The van der Waals surface area contributed by atoms with Gasteiger partial charge in [0.25, 0.3) is 0 Å². The molecule has 1 amide bonds. The molecule has 1 aromatic carbocycles. The Bertz CT molecular complexity index is 719. The van der Waals surface area contributed by atoms with Gasteiger partial charge in [0.1, 0.15) is 0 Å². The number of amides is 1. The number of benzene rings is 1. The molecular weight excluding hydrogens is 336 g/mol. The number of ether oxygens (including phenoxy) is 3. The Morgan fingerprint density at radius 3 is 2.29 bits per heavy atom. The van der Waals surface area contributed by atoms with E-state index in [2.05, 4.69) is 10.5 Å². The first-order valence-corrected chi connectivity index (χ1v) is 9.05. The molecule has 0 radical (unpaired) electrons. The highest BCUT2D eigenvalue weighted by molar-refractivity contribution is 7.91. The van der Waals surface area contributed by atoms with E-state index in [1.54, 1.807) is 12.1 Å². The maximum Gasteiger partial charge on any atom is 0.244 e. The van der Waals surface area contributed by atoms with Gasteiger partial charge in [-0.1, -0.05) is 0 Å². The quantitative estimate of drug-likeness (QED) is 0.591. The first kappa shape index (κ1) is 18.1. The largest absolute Gasteiger partial charge is 0.493 e. The third-order valence-corrected chi connectivity index (χ3v) is 5.45. The van der Waals surface area contributed by atoms with Gasteiger partial charge in [0.05, 0.1) is 45.0 Å². The van der Waals surface area contributed by atoms with Crippen molar-refractivity contribution in [1.29, 1.82) is 0 Å². The minimum absolute atomic E-state index is 0.0433. The summed E-state index contributed by atoms with van der Waals surface area (Å²) in [6, 6.07) is 3.36. The van der Waals surface area contributed by atoms with E-state index in [4.69, 9.17) is 14.2 Å². The van der Waals surface area contributed by atoms with Gasteiger partial charge in [-0.25, -0.2) is 13.8 Å². The highest BCUT2D eigenvalue weighted by atomic mass is 32.2. The summed E-state index contributed by atoms with van der Waals surface area (Å²) in [6.07, 6.45) is 1.75. The molecule has 1 saturated heterocycles. The molecule has 1 fully saturated rings. The average Bonchev–Trinajstić information content (AvgIpc) is 2.93. The van der Waals surface area contributed by atoms with Crippen molar-refractivity contribution in [3.63, 3.8) is 0 Å². The molecule has 1 heterocycles. The zero-order chi connectivity index (χ0) is 17.7. The van der Waals surface area contributed by atoms with Crippen molar-refractivity contribution in [3.05, 3.63) is 17.7 Å². The maximum absolute atomic E-state index is 11.9. The molecule has 0 spiro atoms. The van der Waals surface area contributed by atoms with Crippen molar-refractivity contribution in [3.8, 4) is 17.2 Å². The SMILES string of the molecule is COc1cc(/C=N\NC(=O)[C@@H]2CCS(=O)(=O)C2)cc(OC)c1OC. The van der Waals surface area contributed by atoms with Crippen LogP contribution < -0.4 is 19.6 Å². The molecule has 132 valence electrons. The van der Waals surface area contributed by atoms with E-state index in [1.807, 2.05) is 0 Å². The fourth-order valence-corrected chi connectivity index (χ4v) is 4.18. The van der Waals surface area contributed by atoms with Gasteiger partial charge in [-0.2, -0.15) is 5.10 Å². The number of hydrogen-bond donors (Lipinski definition) is 1. The van der Waals surface area contributed by atoms with Crippen LogP contribution in [-0.2, 0) is 14.6 Å². The second kappa shape index (κ2) is 7.52. The Balaban J connectivity index is 2.08. The van der Waals surface area contributed by atoms with Crippen LogP contribution in [0.25, 0.3) is 0 Å². The fraction of sp³-hybridized carbons (Fsp3) is 0.467. The predicted molar refractivity (Wildman–Crippen MR) is 88.6 cm³/mol. The Morgan fingerprint density at radius 1 is 1.21 bits per heavy atom. The van der Waals surface area contributed by atoms with E-state index in [1.165, 1.54) is 27.5 Å². The van der Waals surface area contributed by atoms with Crippen molar-refractivity contribution < 1.29 is 27.4 Å². The number of nitrogens with one attached hydrogen (secondary N) is 1. The average molecular weight is 356 g/mol. The number of sulfone groups is 1. The van der Waals surface area contributed by atoms with Gasteiger partial charge in [-0.15, -0.1) is 0 Å². The summed E-state index contributed by atoms with van der Waals surface area (Å²) >= 11 is 0. The van der Waals surface area contributed by atoms with Crippen molar-refractivity contribution >= 4 is 22.0 Å². The molecular formula is C15H20N2O6S. The van der Waals surface area contributed by atoms with Crippen LogP contribution in [0.2, 0.25) is 0 Å². The lowest BCUT2D eigenvalue weighted by molar-refractivity contribution is -0.124. The zero-order valence-electron chi connectivity index (χ0n) is 13.7. The number of carbonyl (C=O) groups is 1. The first-order chi connectivity index (χ1) is 11.4. The molecule has 1 aliphatic rings. The molecule has 1 aromatic rings. The monoisotopic (exact) mass is 356 g/mol. The summed E-state index contributed by atoms with van der Waals surface area (Å²) in [5.74, 6) is 0.349. The molecule has 0 unspecified atom stereocenters. The van der Waals surface area contributed by atoms with E-state index in [-0.39, 0.29) is 11.5 Å². The minimum Gasteiger partial charge on any atom is -0.493 e. The van der Waals surface area contributed by atoms with Crippen LogP contribution in [-0.4, -0.2) is 53.4 Å². The van der Waals surface area contributed by atoms with E-state index >= 15 is 0 Å². The summed E-state index contributed by atoms with van der Waals surface area (Å²) in [4.78, 5) is 11.9. The zero-order valence-corrected chi connectivity index (χ0v) is 14.6. The molecule has 0 aliphatic carbocycles. The second-order valence-electron chi connectivity index (χ2n) is 5.29. The first-order valence-electron chi connectivity index (χ1n) is 7.23. The molecule has 1 N–H and O–H groups in total. The summed E-state index contributed by atoms with van der Waals surface area (Å²) in [5.41, 5.74) is 3.00. The molecule has 0 bridgehead atoms. The fourth-order valence-electron chi connectivity index (χ4n) is 2.44. The maximum atomic E-state index is 11.9. The van der Waals surface area contributed by atoms with Crippen LogP contribution in [0.1, 0.15) is 12.0 Å². The minimum atomic E-state index is -3.10.